The second kappa shape index (κ2) is 57.0. The molecule has 0 aliphatic heterocycles. The smallest absolute Gasteiger partial charge is 0.194 e. The molecule has 0 N–H and O–H groups in total. The molecule has 5 nitrogen and oxygen atoms in total. The number of hydrogen-bond acceptors (Lipinski definition) is 5. The highest BCUT2D eigenvalue weighted by Crippen LogP contribution is 2.63. The van der Waals surface area contributed by atoms with Gasteiger partial charge >= 0.3 is 0 Å². The molecule has 0 atom stereocenters. The van der Waals surface area contributed by atoms with Crippen molar-refractivity contribution in [2.24, 2.45) is 0 Å². The van der Waals surface area contributed by atoms with Crippen molar-refractivity contribution in [3.63, 3.8) is 0 Å². The Kier molecular flexibility index (Phi) is 41.7. The van der Waals surface area contributed by atoms with Gasteiger partial charge in [0.2, 0.25) is 0 Å². The maximum absolute atomic E-state index is 14.2. The number of alkyl halides is 5. The fraction of sp³-hybridized carbons (Fsp3) is 0.136. The van der Waals surface area contributed by atoms with Crippen LogP contribution >= 0.6 is 36.3 Å². The molecule has 0 fully saturated rings. The van der Waals surface area contributed by atoms with E-state index in [1.807, 2.05) is 133 Å². The molecule has 0 amide bonds. The third kappa shape index (κ3) is 28.1. The predicted molar refractivity (Wildman–Crippen MR) is 623 cm³/mol. The number of halogens is 8. The minimum Gasteiger partial charge on any atom is -0.493 e. The average molecular weight is 2100 g/mol. The lowest BCUT2D eigenvalue weighted by atomic mass is 10.2. The van der Waals surface area contributed by atoms with Gasteiger partial charge in [-0.1, -0.05) is 309 Å². The zero-order valence-electron chi connectivity index (χ0n) is 84.1. The van der Waals surface area contributed by atoms with E-state index in [0.29, 0.717) is 37.4 Å². The van der Waals surface area contributed by atoms with Gasteiger partial charge in [-0.3, -0.25) is 8.78 Å². The highest BCUT2D eigenvalue weighted by molar-refractivity contribution is 7.97. The number of para-hydroxylation sites is 1. The first kappa shape index (κ1) is 110. The van der Waals surface area contributed by atoms with Crippen LogP contribution in [-0.2, 0) is 24.6 Å². The van der Waals surface area contributed by atoms with Gasteiger partial charge in [0.1, 0.15) is 179 Å². The molecule has 758 valence electrons. The second-order valence-electron chi connectivity index (χ2n) is 35.8. The maximum Gasteiger partial charge on any atom is 0.194 e. The van der Waals surface area contributed by atoms with E-state index in [1.54, 1.807) is 6.07 Å². The van der Waals surface area contributed by atoms with Crippen LogP contribution in [-0.4, -0.2) is 73.1 Å². The summed E-state index contributed by atoms with van der Waals surface area (Å²) in [6.45, 7) is 1.08. The van der Waals surface area contributed by atoms with E-state index in [2.05, 4.69) is 383 Å². The van der Waals surface area contributed by atoms with Crippen molar-refractivity contribution < 1.29 is 58.8 Å². The molecule has 19 aromatic carbocycles. The number of rotatable bonds is 41. The van der Waals surface area contributed by atoms with Crippen LogP contribution in [0.15, 0.2) is 528 Å². The third-order valence-electron chi connectivity index (χ3n) is 26.1. The fourth-order valence-electron chi connectivity index (χ4n) is 19.0. The van der Waals surface area contributed by atoms with Crippen LogP contribution in [0, 0.1) is 17.5 Å². The molecule has 19 aromatic rings. The molecule has 0 radical (unpaired) electrons. The molecule has 18 heteroatoms. The van der Waals surface area contributed by atoms with E-state index in [1.165, 1.54) is 75.0 Å². The van der Waals surface area contributed by atoms with Gasteiger partial charge in [-0.15, -0.1) is 0 Å². The zero-order chi connectivity index (χ0) is 104. The van der Waals surface area contributed by atoms with Crippen molar-refractivity contribution in [1.29, 1.82) is 0 Å². The first-order valence-electron chi connectivity index (χ1n) is 50.5. The van der Waals surface area contributed by atoms with E-state index in [-0.39, 0.29) is 39.3 Å². The minimum atomic E-state index is -2.52. The Bertz CT molecular complexity index is 6970. The monoisotopic (exact) mass is 2100 g/mol. The van der Waals surface area contributed by atoms with Gasteiger partial charge in [-0.25, -0.2) is 26.3 Å². The van der Waals surface area contributed by atoms with Crippen LogP contribution < -0.4 is 103 Å². The number of benzene rings is 19. The molecule has 0 saturated carbocycles. The van der Waals surface area contributed by atoms with Gasteiger partial charge in [0.05, 0.1) is 57.9 Å². The molecule has 0 aromatic heterocycles. The molecular formula is C132H124F8O5P5+5. The van der Waals surface area contributed by atoms with Crippen molar-refractivity contribution in [3.8, 4) is 28.7 Å². The van der Waals surface area contributed by atoms with Gasteiger partial charge < -0.3 is 23.7 Å². The Balaban J connectivity index is 0.000000141. The molecule has 0 bridgehead atoms. The SMILES string of the molecule is C[P+](c1ccccc1)(c1ccccc1)c1cccc(OCCF)c1.FCCCCOc1cccc([P+](Cc2ccccc2)(c2ccccc2)c2ccccc2)c1.FCCCOc1cccc([P+](Cc2ccccc2)(c2ccccc2)c2ccccc2)c1.FCCOc1cccc([P+](Cc2cc(F)c(F)c(F)c2)(c2ccccc2)c2ccccc2)c1.FCCOc1ccccc1[P+](Cc1ccccc1)(c1ccccc1)c1ccccc1. The largest absolute Gasteiger partial charge is 0.493 e. The van der Waals surface area contributed by atoms with Crippen LogP contribution in [0.4, 0.5) is 35.1 Å². The molecule has 0 heterocycles. The summed E-state index contributed by atoms with van der Waals surface area (Å²) in [6.07, 6.45) is 4.68. The Hall–Kier alpha value is -14.2. The van der Waals surface area contributed by atoms with Gasteiger partial charge in [-0.2, -0.15) is 0 Å². The summed E-state index contributed by atoms with van der Waals surface area (Å²) in [6, 6.07) is 180. The Morgan fingerprint density at radius 3 is 0.707 bits per heavy atom. The predicted octanol–water partition coefficient (Wildman–Crippen LogP) is 27.7. The average Bonchev–Trinajstić information content (AvgIpc) is 0.706. The van der Waals surface area contributed by atoms with Gasteiger partial charge in [0.25, 0.3) is 0 Å². The molecule has 150 heavy (non-hydrogen) atoms. The third-order valence-corrected chi connectivity index (χ3v) is 47.6. The second-order valence-corrected chi connectivity index (χ2v) is 53.2. The highest BCUT2D eigenvalue weighted by atomic mass is 31.2. The number of ether oxygens (including phenoxy) is 5. The summed E-state index contributed by atoms with van der Waals surface area (Å²) in [4.78, 5) is 0. The van der Waals surface area contributed by atoms with Crippen LogP contribution in [0.2, 0.25) is 0 Å². The Morgan fingerprint density at radius 1 is 0.180 bits per heavy atom. The van der Waals surface area contributed by atoms with Gasteiger partial charge in [0.15, 0.2) is 23.2 Å². The lowest BCUT2D eigenvalue weighted by molar-refractivity contribution is 0.273. The fourth-order valence-corrected chi connectivity index (χ4v) is 39.3. The molecule has 0 aliphatic rings. The minimum absolute atomic E-state index is 0.0614. The maximum atomic E-state index is 14.2. The molecule has 19 rings (SSSR count). The quantitative estimate of drug-likeness (QED) is 0.0165. The van der Waals surface area contributed by atoms with Gasteiger partial charge in [0, 0.05) is 30.7 Å². The van der Waals surface area contributed by atoms with Crippen LogP contribution in [0.25, 0.3) is 0 Å². The number of unbranched alkanes of at least 4 members (excludes halogenated alkanes) is 1. The van der Waals surface area contributed by atoms with E-state index in [0.717, 1.165) is 81.3 Å². The first-order chi connectivity index (χ1) is 73.8. The van der Waals surface area contributed by atoms with Gasteiger partial charge in [-0.05, 0) is 229 Å². The lowest BCUT2D eigenvalue weighted by Crippen LogP contribution is -2.33. The summed E-state index contributed by atoms with van der Waals surface area (Å²) in [5.41, 5.74) is 4.26. The lowest BCUT2D eigenvalue weighted by Gasteiger charge is -2.29. The van der Waals surface area contributed by atoms with Crippen molar-refractivity contribution in [3.05, 3.63) is 567 Å². The number of hydrogen-bond donors (Lipinski definition) is 0. The van der Waals surface area contributed by atoms with E-state index in [9.17, 15) is 35.1 Å². The Morgan fingerprint density at radius 2 is 0.407 bits per heavy atom. The van der Waals surface area contributed by atoms with Crippen molar-refractivity contribution in [1.82, 2.24) is 0 Å². The molecule has 0 spiro atoms. The van der Waals surface area contributed by atoms with Crippen LogP contribution in [0.1, 0.15) is 41.5 Å². The molecular weight excluding hydrogens is 1970 g/mol. The summed E-state index contributed by atoms with van der Waals surface area (Å²) in [5.74, 6) is -0.258. The van der Waals surface area contributed by atoms with Crippen LogP contribution in [0.5, 0.6) is 28.7 Å². The van der Waals surface area contributed by atoms with E-state index < -0.39 is 73.8 Å². The summed E-state index contributed by atoms with van der Waals surface area (Å²) in [7, 11) is -10.4. The Labute approximate surface area is 881 Å². The van der Waals surface area contributed by atoms with Crippen molar-refractivity contribution >= 4 is 116 Å². The molecule has 0 unspecified atom stereocenters. The van der Waals surface area contributed by atoms with Crippen molar-refractivity contribution in [2.75, 3.05) is 73.1 Å². The summed E-state index contributed by atoms with van der Waals surface area (Å²) >= 11 is 0. The standard InChI is InChI=1S/C29H29FOP.C28H27FOP.C27H22F4OP.C27H25FOP.C21H21FOP/c30-21-10-11-22-31-26-15-12-20-29(23-26)32(27-16-6-2-7-17-27,28-18-8-3-9-19-28)24-25-13-4-1-5-14-25;29-20-11-21-30-25-14-10-19-28(22-25)31(26-15-6-2-7-16-26,27-17-8-3-9-18-27)23-24-12-4-1-5-13-24;28-14-15-32-21-8-7-13-24(18-21)33(22-9-3-1-4-10-22,23-11-5-2-6-12-23)19-20-16-25(29)27(31)26(30)17-20;28-20-21-29-26-18-10-11-19-27(26)30(24-14-6-2-7-15-24,25-16-8-3-9-17-25)22-23-12-4-1-5-13-23;1-24(19-10-4-2-5-11-19,20-12-6-3-7-13-20)21-14-8-9-18(17-21)23-16-15-22/h1-9,12-20,23H,10-11,21-22,24H2;1-10,12-19,22H,11,20-21,23H2;1-13,16-18H,14-15,19H2;1-19H,20-22H2;2-14,17H,15-16H2,1H3/q5*+1. The topological polar surface area (TPSA) is 46.2 Å². The van der Waals surface area contributed by atoms with E-state index >= 15 is 0 Å². The first-order valence-corrected chi connectivity index (χ1v) is 60.6. The highest BCUT2D eigenvalue weighted by Gasteiger charge is 2.51. The normalized spacial score (nSPS) is 11.3. The van der Waals surface area contributed by atoms with E-state index in [4.69, 9.17) is 23.7 Å². The summed E-state index contributed by atoms with van der Waals surface area (Å²) < 4.78 is 134. The molecule has 0 aliphatic carbocycles. The van der Waals surface area contributed by atoms with Crippen LogP contribution in [0.3, 0.4) is 0 Å². The molecule has 0 saturated heterocycles. The summed E-state index contributed by atoms with van der Waals surface area (Å²) in [5, 5.41) is 18.4. The zero-order valence-corrected chi connectivity index (χ0v) is 88.5. The van der Waals surface area contributed by atoms with Crippen molar-refractivity contribution in [2.45, 2.75) is 43.9 Å².